The summed E-state index contributed by atoms with van der Waals surface area (Å²) in [5.41, 5.74) is 7.16. The van der Waals surface area contributed by atoms with E-state index in [0.717, 1.165) is 17.1 Å². The Bertz CT molecular complexity index is 422. The van der Waals surface area contributed by atoms with Crippen molar-refractivity contribution in [2.24, 2.45) is 5.73 Å². The molecular weight excluding hydrogens is 202 g/mol. The molecule has 4 nitrogen and oxygen atoms in total. The predicted octanol–water partition coefficient (Wildman–Crippen LogP) is 1.66. The van der Waals surface area contributed by atoms with Crippen LogP contribution in [-0.2, 0) is 6.42 Å². The molecule has 1 aromatic heterocycles. The van der Waals surface area contributed by atoms with E-state index < -0.39 is 0 Å². The van der Waals surface area contributed by atoms with Gasteiger partial charge in [-0.3, -0.25) is 0 Å². The van der Waals surface area contributed by atoms with Gasteiger partial charge in [-0.15, -0.1) is 0 Å². The molecule has 1 atom stereocenters. The first-order valence-corrected chi connectivity index (χ1v) is 5.17. The Morgan fingerprint density at radius 3 is 2.69 bits per heavy atom. The van der Waals surface area contributed by atoms with Crippen LogP contribution >= 0.6 is 0 Å². The SMILES string of the molecule is COc1ccc(C(N)Cc2ncc[nH]2)cc1. The Labute approximate surface area is 94.5 Å². The lowest BCUT2D eigenvalue weighted by atomic mass is 10.0. The number of nitrogens with one attached hydrogen (secondary N) is 1. The molecule has 0 saturated heterocycles. The molecule has 0 aliphatic carbocycles. The van der Waals surface area contributed by atoms with Gasteiger partial charge < -0.3 is 15.5 Å². The van der Waals surface area contributed by atoms with Gasteiger partial charge in [-0.05, 0) is 17.7 Å². The molecule has 1 aromatic carbocycles. The molecule has 0 saturated carbocycles. The van der Waals surface area contributed by atoms with E-state index >= 15 is 0 Å². The summed E-state index contributed by atoms with van der Waals surface area (Å²) in [6, 6.07) is 7.74. The van der Waals surface area contributed by atoms with Crippen molar-refractivity contribution < 1.29 is 4.74 Å². The lowest BCUT2D eigenvalue weighted by Crippen LogP contribution is -2.14. The Morgan fingerprint density at radius 2 is 2.12 bits per heavy atom. The summed E-state index contributed by atoms with van der Waals surface area (Å²) in [6.07, 6.45) is 4.24. The van der Waals surface area contributed by atoms with E-state index in [9.17, 15) is 0 Å². The summed E-state index contributed by atoms with van der Waals surface area (Å²) >= 11 is 0. The second kappa shape index (κ2) is 4.81. The van der Waals surface area contributed by atoms with Crippen LogP contribution in [0, 0.1) is 0 Å². The minimum absolute atomic E-state index is 0.0444. The summed E-state index contributed by atoms with van der Waals surface area (Å²) in [4.78, 5) is 7.20. The minimum Gasteiger partial charge on any atom is -0.497 e. The Balaban J connectivity index is 2.05. The molecule has 84 valence electrons. The number of rotatable bonds is 4. The molecule has 2 aromatic rings. The highest BCUT2D eigenvalue weighted by Gasteiger charge is 2.08. The third kappa shape index (κ3) is 2.41. The third-order valence-electron chi connectivity index (χ3n) is 2.51. The zero-order valence-corrected chi connectivity index (χ0v) is 9.18. The molecule has 0 radical (unpaired) electrons. The third-order valence-corrected chi connectivity index (χ3v) is 2.51. The van der Waals surface area contributed by atoms with E-state index in [1.807, 2.05) is 24.3 Å². The first-order chi connectivity index (χ1) is 7.79. The van der Waals surface area contributed by atoms with Gasteiger partial charge in [0.15, 0.2) is 0 Å². The van der Waals surface area contributed by atoms with Crippen LogP contribution in [0.3, 0.4) is 0 Å². The summed E-state index contributed by atoms with van der Waals surface area (Å²) in [7, 11) is 1.65. The van der Waals surface area contributed by atoms with E-state index in [4.69, 9.17) is 10.5 Å². The van der Waals surface area contributed by atoms with E-state index in [1.165, 1.54) is 0 Å². The lowest BCUT2D eigenvalue weighted by molar-refractivity contribution is 0.414. The monoisotopic (exact) mass is 217 g/mol. The van der Waals surface area contributed by atoms with Gasteiger partial charge in [-0.2, -0.15) is 0 Å². The van der Waals surface area contributed by atoms with Crippen molar-refractivity contribution in [1.82, 2.24) is 9.97 Å². The molecule has 0 fully saturated rings. The van der Waals surface area contributed by atoms with Crippen LogP contribution in [0.15, 0.2) is 36.7 Å². The Kier molecular flexibility index (Phi) is 3.22. The van der Waals surface area contributed by atoms with Crippen LogP contribution in [0.25, 0.3) is 0 Å². The number of hydrogen-bond donors (Lipinski definition) is 2. The number of nitrogens with zero attached hydrogens (tertiary/aromatic N) is 1. The highest BCUT2D eigenvalue weighted by molar-refractivity contribution is 5.29. The Morgan fingerprint density at radius 1 is 1.38 bits per heavy atom. The lowest BCUT2D eigenvalue weighted by Gasteiger charge is -2.10. The summed E-state index contributed by atoms with van der Waals surface area (Å²) < 4.78 is 5.10. The molecular formula is C12H15N3O. The zero-order chi connectivity index (χ0) is 11.4. The van der Waals surface area contributed by atoms with E-state index in [1.54, 1.807) is 19.5 Å². The summed E-state index contributed by atoms with van der Waals surface area (Å²) in [5.74, 6) is 1.75. The standard InChI is InChI=1S/C12H15N3O/c1-16-10-4-2-9(3-5-10)11(13)8-12-14-6-7-15-12/h2-7,11H,8,13H2,1H3,(H,14,15). The maximum atomic E-state index is 6.08. The number of imidazole rings is 1. The second-order valence-corrected chi connectivity index (χ2v) is 3.62. The predicted molar refractivity (Wildman–Crippen MR) is 62.2 cm³/mol. The van der Waals surface area contributed by atoms with Crippen LogP contribution in [0.4, 0.5) is 0 Å². The topological polar surface area (TPSA) is 63.9 Å². The van der Waals surface area contributed by atoms with Gasteiger partial charge in [0, 0.05) is 24.9 Å². The molecule has 4 heteroatoms. The van der Waals surface area contributed by atoms with Gasteiger partial charge in [-0.1, -0.05) is 12.1 Å². The summed E-state index contributed by atoms with van der Waals surface area (Å²) in [6.45, 7) is 0. The zero-order valence-electron chi connectivity index (χ0n) is 9.18. The van der Waals surface area contributed by atoms with Crippen molar-refractivity contribution in [3.63, 3.8) is 0 Å². The van der Waals surface area contributed by atoms with Crippen LogP contribution < -0.4 is 10.5 Å². The minimum atomic E-state index is -0.0444. The van der Waals surface area contributed by atoms with Crippen molar-refractivity contribution in [1.29, 1.82) is 0 Å². The molecule has 1 unspecified atom stereocenters. The van der Waals surface area contributed by atoms with Gasteiger partial charge in [0.1, 0.15) is 11.6 Å². The highest BCUT2D eigenvalue weighted by Crippen LogP contribution is 2.18. The average Bonchev–Trinajstić information content (AvgIpc) is 2.82. The number of H-pyrrole nitrogens is 1. The molecule has 0 amide bonds. The van der Waals surface area contributed by atoms with E-state index in [-0.39, 0.29) is 6.04 Å². The highest BCUT2D eigenvalue weighted by atomic mass is 16.5. The number of aromatic amines is 1. The number of benzene rings is 1. The van der Waals surface area contributed by atoms with Gasteiger partial charge in [0.25, 0.3) is 0 Å². The fraction of sp³-hybridized carbons (Fsp3) is 0.250. The fourth-order valence-corrected chi connectivity index (χ4v) is 1.59. The van der Waals surface area contributed by atoms with Crippen molar-refractivity contribution in [2.75, 3.05) is 7.11 Å². The number of ether oxygens (including phenoxy) is 1. The number of methoxy groups -OCH3 is 1. The average molecular weight is 217 g/mol. The van der Waals surface area contributed by atoms with Gasteiger partial charge in [0.05, 0.1) is 7.11 Å². The van der Waals surface area contributed by atoms with Gasteiger partial charge in [0.2, 0.25) is 0 Å². The second-order valence-electron chi connectivity index (χ2n) is 3.62. The van der Waals surface area contributed by atoms with Crippen LogP contribution in [0.1, 0.15) is 17.4 Å². The largest absolute Gasteiger partial charge is 0.497 e. The Hall–Kier alpha value is -1.81. The molecule has 0 spiro atoms. The van der Waals surface area contributed by atoms with Crippen LogP contribution in [0.5, 0.6) is 5.75 Å². The molecule has 0 aliphatic heterocycles. The normalized spacial score (nSPS) is 12.4. The quantitative estimate of drug-likeness (QED) is 0.818. The molecule has 3 N–H and O–H groups in total. The molecule has 0 aliphatic rings. The van der Waals surface area contributed by atoms with Crippen LogP contribution in [-0.4, -0.2) is 17.1 Å². The smallest absolute Gasteiger partial charge is 0.118 e. The maximum Gasteiger partial charge on any atom is 0.118 e. The van der Waals surface area contributed by atoms with Gasteiger partial charge >= 0.3 is 0 Å². The van der Waals surface area contributed by atoms with E-state index in [0.29, 0.717) is 6.42 Å². The van der Waals surface area contributed by atoms with Crippen molar-refractivity contribution in [3.8, 4) is 5.75 Å². The first-order valence-electron chi connectivity index (χ1n) is 5.17. The molecule has 2 rings (SSSR count). The first kappa shape index (κ1) is 10.7. The maximum absolute atomic E-state index is 6.08. The fourth-order valence-electron chi connectivity index (χ4n) is 1.59. The van der Waals surface area contributed by atoms with Crippen molar-refractivity contribution in [2.45, 2.75) is 12.5 Å². The molecule has 16 heavy (non-hydrogen) atoms. The number of aromatic nitrogens is 2. The number of hydrogen-bond acceptors (Lipinski definition) is 3. The summed E-state index contributed by atoms with van der Waals surface area (Å²) in [5, 5.41) is 0. The molecule has 0 bridgehead atoms. The van der Waals surface area contributed by atoms with Crippen LogP contribution in [0.2, 0.25) is 0 Å². The van der Waals surface area contributed by atoms with Gasteiger partial charge in [-0.25, -0.2) is 4.98 Å². The van der Waals surface area contributed by atoms with Crippen molar-refractivity contribution in [3.05, 3.63) is 48.0 Å². The van der Waals surface area contributed by atoms with Crippen molar-refractivity contribution >= 4 is 0 Å². The molecule has 1 heterocycles. The van der Waals surface area contributed by atoms with E-state index in [2.05, 4.69) is 9.97 Å². The number of nitrogens with two attached hydrogens (primary N) is 1.